The van der Waals surface area contributed by atoms with E-state index in [0.29, 0.717) is 24.3 Å². The molecule has 0 spiro atoms. The summed E-state index contributed by atoms with van der Waals surface area (Å²) >= 11 is 0. The molecular formula is C21H23BN2O2. The van der Waals surface area contributed by atoms with E-state index in [4.69, 9.17) is 7.85 Å². The summed E-state index contributed by atoms with van der Waals surface area (Å²) in [5.74, 6) is -0.0262. The fourth-order valence-corrected chi connectivity index (χ4v) is 4.74. The molecule has 26 heavy (non-hydrogen) atoms. The minimum Gasteiger partial charge on any atom is -0.385 e. The van der Waals surface area contributed by atoms with Gasteiger partial charge in [-0.25, -0.2) is 0 Å². The van der Waals surface area contributed by atoms with Gasteiger partial charge in [0.2, 0.25) is 0 Å². The molecule has 132 valence electrons. The number of aromatic nitrogens is 1. The highest BCUT2D eigenvalue weighted by molar-refractivity contribution is 6.30. The van der Waals surface area contributed by atoms with Crippen molar-refractivity contribution in [1.29, 1.82) is 0 Å². The second-order valence-corrected chi connectivity index (χ2v) is 7.44. The maximum absolute atomic E-state index is 13.1. The molecule has 1 aromatic carbocycles. The van der Waals surface area contributed by atoms with E-state index in [0.717, 1.165) is 31.2 Å². The first-order valence-corrected chi connectivity index (χ1v) is 9.41. The van der Waals surface area contributed by atoms with Gasteiger partial charge in [0.25, 0.3) is 5.91 Å². The Kier molecular flexibility index (Phi) is 4.57. The number of benzene rings is 1. The first-order valence-electron chi connectivity index (χ1n) is 9.41. The largest absolute Gasteiger partial charge is 0.385 e. The summed E-state index contributed by atoms with van der Waals surface area (Å²) in [5, 5.41) is 11.6. The van der Waals surface area contributed by atoms with Crippen LogP contribution in [0.5, 0.6) is 0 Å². The number of pyridine rings is 1. The number of amides is 1. The molecule has 0 bridgehead atoms. The van der Waals surface area contributed by atoms with Crippen LogP contribution in [0.15, 0.2) is 48.5 Å². The van der Waals surface area contributed by atoms with Gasteiger partial charge >= 0.3 is 0 Å². The molecule has 2 heterocycles. The van der Waals surface area contributed by atoms with Crippen molar-refractivity contribution >= 4 is 19.3 Å². The predicted molar refractivity (Wildman–Crippen MR) is 101 cm³/mol. The fourth-order valence-electron chi connectivity index (χ4n) is 4.74. The van der Waals surface area contributed by atoms with Crippen molar-refractivity contribution in [3.63, 3.8) is 0 Å². The minimum absolute atomic E-state index is 0.0402. The average Bonchev–Trinajstić information content (AvgIpc) is 2.69. The predicted octanol–water partition coefficient (Wildman–Crippen LogP) is 2.17. The molecule has 2 radical (unpaired) electrons. The van der Waals surface area contributed by atoms with Crippen LogP contribution in [0.4, 0.5) is 0 Å². The van der Waals surface area contributed by atoms with Crippen LogP contribution in [-0.2, 0) is 5.60 Å². The van der Waals surface area contributed by atoms with Crippen LogP contribution in [0.2, 0.25) is 0 Å². The first-order chi connectivity index (χ1) is 12.6. The number of rotatable bonds is 2. The topological polar surface area (TPSA) is 53.4 Å². The number of nitrogens with zero attached hydrogens (tertiary/aromatic N) is 2. The Labute approximate surface area is 155 Å². The second kappa shape index (κ2) is 6.88. The summed E-state index contributed by atoms with van der Waals surface area (Å²) in [6.45, 7) is 0.530. The van der Waals surface area contributed by atoms with Crippen molar-refractivity contribution < 1.29 is 9.90 Å². The van der Waals surface area contributed by atoms with E-state index in [9.17, 15) is 9.90 Å². The number of hydrogen-bond donors (Lipinski definition) is 1. The van der Waals surface area contributed by atoms with Crippen LogP contribution in [0.1, 0.15) is 48.2 Å². The highest BCUT2D eigenvalue weighted by atomic mass is 16.3. The highest BCUT2D eigenvalue weighted by Crippen LogP contribution is 2.47. The molecule has 2 fully saturated rings. The number of fused-ring (bicyclic) bond motifs is 1. The fraction of sp³-hybridized carbons (Fsp3) is 0.429. The quantitative estimate of drug-likeness (QED) is 0.848. The number of likely N-dealkylation sites (tertiary alicyclic amines) is 1. The molecule has 4 rings (SSSR count). The van der Waals surface area contributed by atoms with Crippen LogP contribution in [-0.4, -0.2) is 41.3 Å². The van der Waals surface area contributed by atoms with Gasteiger partial charge in [0.1, 0.15) is 13.5 Å². The van der Waals surface area contributed by atoms with Crippen LogP contribution in [0.3, 0.4) is 0 Å². The minimum atomic E-state index is -0.869. The number of carbonyl (C=O) groups is 1. The Hall–Kier alpha value is -2.14. The second-order valence-electron chi connectivity index (χ2n) is 7.44. The van der Waals surface area contributed by atoms with E-state index >= 15 is 0 Å². The number of piperidine rings is 1. The van der Waals surface area contributed by atoms with Crippen molar-refractivity contribution in [3.05, 3.63) is 59.8 Å². The summed E-state index contributed by atoms with van der Waals surface area (Å²) in [4.78, 5) is 19.2. The molecule has 1 unspecified atom stereocenters. The molecule has 1 saturated heterocycles. The highest BCUT2D eigenvalue weighted by Gasteiger charge is 2.50. The normalized spacial score (nSPS) is 28.4. The third-order valence-corrected chi connectivity index (χ3v) is 6.00. The standard InChI is InChI=1S/C21H23BN2O2/c22-19-12-6-10-17(23-19)20(25)24-14-13-21(26,15-7-2-1-3-8-15)16-9-4-5-11-18(16)24/h1-3,6-8,10,12,16,18,26H,4-5,9,11,13-14H2/t16-,18+,21?/m0/s1. The lowest BCUT2D eigenvalue weighted by Crippen LogP contribution is -2.59. The maximum Gasteiger partial charge on any atom is 0.272 e. The van der Waals surface area contributed by atoms with E-state index in [1.165, 1.54) is 0 Å². The van der Waals surface area contributed by atoms with Crippen molar-refractivity contribution in [2.45, 2.75) is 43.7 Å². The monoisotopic (exact) mass is 346 g/mol. The summed E-state index contributed by atoms with van der Waals surface area (Å²) in [5.41, 5.74) is 0.839. The third kappa shape index (κ3) is 2.94. The first kappa shape index (κ1) is 17.3. The molecule has 5 heteroatoms. The van der Waals surface area contributed by atoms with E-state index in [-0.39, 0.29) is 17.9 Å². The van der Waals surface area contributed by atoms with E-state index < -0.39 is 5.60 Å². The van der Waals surface area contributed by atoms with Crippen molar-refractivity contribution in [2.24, 2.45) is 5.92 Å². The molecule has 1 amide bonds. The number of aliphatic hydroxyl groups is 1. The summed E-state index contributed by atoms with van der Waals surface area (Å²) in [7, 11) is 5.75. The zero-order chi connectivity index (χ0) is 18.1. The van der Waals surface area contributed by atoms with Crippen LogP contribution in [0, 0.1) is 5.92 Å². The van der Waals surface area contributed by atoms with Crippen LogP contribution < -0.4 is 5.59 Å². The van der Waals surface area contributed by atoms with Gasteiger partial charge in [-0.15, -0.1) is 0 Å². The Morgan fingerprint density at radius 2 is 1.88 bits per heavy atom. The van der Waals surface area contributed by atoms with Crippen molar-refractivity contribution in [3.8, 4) is 0 Å². The summed E-state index contributed by atoms with van der Waals surface area (Å²) < 4.78 is 0. The summed E-state index contributed by atoms with van der Waals surface area (Å²) in [6.07, 6.45) is 4.58. The number of hydrogen-bond acceptors (Lipinski definition) is 3. The van der Waals surface area contributed by atoms with Crippen LogP contribution >= 0.6 is 0 Å². The Balaban J connectivity index is 1.66. The van der Waals surface area contributed by atoms with Gasteiger partial charge in [0, 0.05) is 18.5 Å². The molecule has 4 nitrogen and oxygen atoms in total. The molecule has 2 aromatic rings. The summed E-state index contributed by atoms with van der Waals surface area (Å²) in [6, 6.07) is 15.1. The van der Waals surface area contributed by atoms with E-state index in [1.54, 1.807) is 18.2 Å². The molecule has 3 atom stereocenters. The van der Waals surface area contributed by atoms with E-state index in [1.807, 2.05) is 35.2 Å². The van der Waals surface area contributed by atoms with Crippen molar-refractivity contribution in [1.82, 2.24) is 9.88 Å². The SMILES string of the molecule is [B]c1cccc(C(=O)N2CCC(O)(c3ccccc3)[C@H]3CCCC[C@H]32)n1. The molecule has 1 aliphatic heterocycles. The Bertz CT molecular complexity index is 798. The zero-order valence-electron chi connectivity index (χ0n) is 14.8. The van der Waals surface area contributed by atoms with Gasteiger partial charge < -0.3 is 10.0 Å². The van der Waals surface area contributed by atoms with Gasteiger partial charge in [-0.1, -0.05) is 55.3 Å². The lowest BCUT2D eigenvalue weighted by atomic mass is 9.66. The number of carbonyl (C=O) groups excluding carboxylic acids is 1. The maximum atomic E-state index is 13.1. The molecule has 1 N–H and O–H groups in total. The molecule has 1 saturated carbocycles. The zero-order valence-corrected chi connectivity index (χ0v) is 14.8. The van der Waals surface area contributed by atoms with Gasteiger partial charge in [-0.3, -0.25) is 9.78 Å². The van der Waals surface area contributed by atoms with Gasteiger partial charge in [-0.05, 0) is 36.5 Å². The molecule has 1 aliphatic carbocycles. The van der Waals surface area contributed by atoms with Gasteiger partial charge in [0.05, 0.1) is 5.60 Å². The Morgan fingerprint density at radius 3 is 2.65 bits per heavy atom. The Morgan fingerprint density at radius 1 is 1.12 bits per heavy atom. The molecule has 1 aromatic heterocycles. The smallest absolute Gasteiger partial charge is 0.272 e. The van der Waals surface area contributed by atoms with Gasteiger partial charge in [0.15, 0.2) is 0 Å². The lowest BCUT2D eigenvalue weighted by molar-refractivity contribution is -0.110. The molecule has 2 aliphatic rings. The third-order valence-electron chi connectivity index (χ3n) is 6.00. The van der Waals surface area contributed by atoms with Gasteiger partial charge in [-0.2, -0.15) is 0 Å². The van der Waals surface area contributed by atoms with Crippen molar-refractivity contribution in [2.75, 3.05) is 6.54 Å². The van der Waals surface area contributed by atoms with E-state index in [2.05, 4.69) is 4.98 Å². The van der Waals surface area contributed by atoms with Crippen LogP contribution in [0.25, 0.3) is 0 Å². The average molecular weight is 346 g/mol. The lowest BCUT2D eigenvalue weighted by Gasteiger charge is -2.52. The molecular weight excluding hydrogens is 323 g/mol.